The van der Waals surface area contributed by atoms with E-state index in [1.165, 1.54) is 16.3 Å². The Hall–Kier alpha value is -2.36. The van der Waals surface area contributed by atoms with Gasteiger partial charge in [0.05, 0.1) is 31.9 Å². The van der Waals surface area contributed by atoms with E-state index < -0.39 is 0 Å². The molecule has 0 spiro atoms. The summed E-state index contributed by atoms with van der Waals surface area (Å²) in [6, 6.07) is 23.2. The number of fused-ring (bicyclic) bond motifs is 1. The first kappa shape index (κ1) is 18.0. The third-order valence-corrected chi connectivity index (χ3v) is 5.57. The maximum atomic E-state index is 5.97. The Balaban J connectivity index is 1.39. The summed E-state index contributed by atoms with van der Waals surface area (Å²) in [5.74, 6) is 0. The Bertz CT molecular complexity index is 936. The molecule has 0 aliphatic carbocycles. The molecule has 0 atom stereocenters. The monoisotopic (exact) mass is 378 g/mol. The van der Waals surface area contributed by atoms with Gasteiger partial charge in [0.25, 0.3) is 0 Å². The first-order chi connectivity index (χ1) is 13.2. The third kappa shape index (κ3) is 4.32. The van der Waals surface area contributed by atoms with Gasteiger partial charge in [-0.15, -0.1) is 0 Å². The van der Waals surface area contributed by atoms with Crippen LogP contribution in [-0.2, 0) is 6.54 Å². The standard InChI is InChI=1S/C23H24ClN3/c1-18(19-9-11-22(24)12-10-19)25-27-15-13-26(14-16-27)17-21-7-4-6-20-5-2-3-8-23(20)21/h2-12H,13-17H2,1H3/p+1/b25-18+. The van der Waals surface area contributed by atoms with Crippen LogP contribution in [0.25, 0.3) is 10.8 Å². The molecule has 0 saturated carbocycles. The Labute approximate surface area is 165 Å². The van der Waals surface area contributed by atoms with Crippen molar-refractivity contribution in [3.63, 3.8) is 0 Å². The molecule has 27 heavy (non-hydrogen) atoms. The molecule has 1 aliphatic heterocycles. The van der Waals surface area contributed by atoms with Crippen LogP contribution >= 0.6 is 11.6 Å². The summed E-state index contributed by atoms with van der Waals surface area (Å²) in [5.41, 5.74) is 3.62. The molecular weight excluding hydrogens is 354 g/mol. The Morgan fingerprint density at radius 1 is 0.963 bits per heavy atom. The number of nitrogens with zero attached hydrogens (tertiary/aromatic N) is 2. The first-order valence-corrected chi connectivity index (χ1v) is 9.93. The average molecular weight is 379 g/mol. The van der Waals surface area contributed by atoms with Crippen molar-refractivity contribution in [3.8, 4) is 0 Å². The van der Waals surface area contributed by atoms with Crippen LogP contribution < -0.4 is 4.90 Å². The lowest BCUT2D eigenvalue weighted by atomic mass is 10.0. The van der Waals surface area contributed by atoms with Gasteiger partial charge in [-0.3, -0.25) is 5.01 Å². The topological polar surface area (TPSA) is 20.0 Å². The van der Waals surface area contributed by atoms with Gasteiger partial charge in [0, 0.05) is 10.6 Å². The Morgan fingerprint density at radius 3 is 2.44 bits per heavy atom. The zero-order valence-corrected chi connectivity index (χ0v) is 16.4. The lowest BCUT2D eigenvalue weighted by Gasteiger charge is -2.31. The van der Waals surface area contributed by atoms with E-state index in [-0.39, 0.29) is 0 Å². The highest BCUT2D eigenvalue weighted by Gasteiger charge is 2.20. The third-order valence-electron chi connectivity index (χ3n) is 5.32. The zero-order chi connectivity index (χ0) is 18.6. The number of piperazine rings is 1. The molecule has 1 heterocycles. The molecular formula is C23H25ClN3+. The van der Waals surface area contributed by atoms with Gasteiger partial charge >= 0.3 is 0 Å². The van der Waals surface area contributed by atoms with E-state index in [2.05, 4.69) is 54.4 Å². The fraction of sp³-hybridized carbons (Fsp3) is 0.261. The predicted octanol–water partition coefficient (Wildman–Crippen LogP) is 3.62. The summed E-state index contributed by atoms with van der Waals surface area (Å²) < 4.78 is 0. The second-order valence-electron chi connectivity index (χ2n) is 7.21. The predicted molar refractivity (Wildman–Crippen MR) is 114 cm³/mol. The van der Waals surface area contributed by atoms with Gasteiger partial charge in [-0.2, -0.15) is 5.10 Å². The molecule has 0 amide bonds. The van der Waals surface area contributed by atoms with Crippen molar-refractivity contribution in [2.75, 3.05) is 26.2 Å². The smallest absolute Gasteiger partial charge is 0.104 e. The van der Waals surface area contributed by atoms with E-state index in [0.717, 1.165) is 49.0 Å². The number of quaternary nitrogens is 1. The minimum absolute atomic E-state index is 0.761. The van der Waals surface area contributed by atoms with Gasteiger partial charge in [-0.1, -0.05) is 66.2 Å². The maximum absolute atomic E-state index is 5.97. The summed E-state index contributed by atoms with van der Waals surface area (Å²) in [6.45, 7) is 7.35. The summed E-state index contributed by atoms with van der Waals surface area (Å²) >= 11 is 5.97. The van der Waals surface area contributed by atoms with Crippen molar-refractivity contribution in [3.05, 3.63) is 82.9 Å². The van der Waals surface area contributed by atoms with E-state index in [0.29, 0.717) is 0 Å². The van der Waals surface area contributed by atoms with Crippen LogP contribution in [0.4, 0.5) is 0 Å². The molecule has 0 radical (unpaired) electrons. The van der Waals surface area contributed by atoms with Crippen molar-refractivity contribution in [1.82, 2.24) is 5.01 Å². The van der Waals surface area contributed by atoms with E-state index in [1.54, 1.807) is 4.90 Å². The molecule has 1 fully saturated rings. The molecule has 4 heteroatoms. The van der Waals surface area contributed by atoms with Crippen LogP contribution in [0.2, 0.25) is 5.02 Å². The molecule has 3 aromatic rings. The van der Waals surface area contributed by atoms with Crippen LogP contribution in [-0.4, -0.2) is 36.9 Å². The van der Waals surface area contributed by atoms with Crippen molar-refractivity contribution in [2.45, 2.75) is 13.5 Å². The molecule has 4 rings (SSSR count). The minimum atomic E-state index is 0.761. The van der Waals surface area contributed by atoms with Gasteiger partial charge in [-0.25, -0.2) is 0 Å². The second kappa shape index (κ2) is 8.12. The van der Waals surface area contributed by atoms with Crippen LogP contribution in [0.1, 0.15) is 18.1 Å². The number of hydrazone groups is 1. The van der Waals surface area contributed by atoms with Crippen molar-refractivity contribution in [1.29, 1.82) is 0 Å². The number of hydrogen-bond acceptors (Lipinski definition) is 2. The normalized spacial score (nSPS) is 16.1. The van der Waals surface area contributed by atoms with Gasteiger partial charge in [0.2, 0.25) is 0 Å². The van der Waals surface area contributed by atoms with Crippen LogP contribution in [0, 0.1) is 0 Å². The van der Waals surface area contributed by atoms with Gasteiger partial charge in [0.1, 0.15) is 6.54 Å². The lowest BCUT2D eigenvalue weighted by Crippen LogP contribution is -3.13. The number of benzene rings is 3. The summed E-state index contributed by atoms with van der Waals surface area (Å²) in [5, 5.41) is 10.5. The van der Waals surface area contributed by atoms with Gasteiger partial charge in [-0.05, 0) is 35.4 Å². The highest BCUT2D eigenvalue weighted by Crippen LogP contribution is 2.17. The van der Waals surface area contributed by atoms with Crippen molar-refractivity contribution < 1.29 is 4.90 Å². The SMILES string of the molecule is C/C(=N\N1CC[NH+](Cc2cccc3ccccc23)CC1)c1ccc(Cl)cc1. The number of rotatable bonds is 4. The van der Waals surface area contributed by atoms with E-state index in [4.69, 9.17) is 16.7 Å². The lowest BCUT2D eigenvalue weighted by molar-refractivity contribution is -0.918. The maximum Gasteiger partial charge on any atom is 0.104 e. The Kier molecular flexibility index (Phi) is 5.42. The van der Waals surface area contributed by atoms with Crippen LogP contribution in [0.15, 0.2) is 71.8 Å². The van der Waals surface area contributed by atoms with Gasteiger partial charge < -0.3 is 4.90 Å². The van der Waals surface area contributed by atoms with Crippen molar-refractivity contribution >= 4 is 28.1 Å². The second-order valence-corrected chi connectivity index (χ2v) is 7.65. The van der Waals surface area contributed by atoms with Crippen LogP contribution in [0.5, 0.6) is 0 Å². The molecule has 1 aliphatic rings. The molecule has 0 unspecified atom stereocenters. The highest BCUT2D eigenvalue weighted by atomic mass is 35.5. The molecule has 138 valence electrons. The molecule has 0 bridgehead atoms. The summed E-state index contributed by atoms with van der Waals surface area (Å²) in [7, 11) is 0. The minimum Gasteiger partial charge on any atom is -0.328 e. The van der Waals surface area contributed by atoms with Crippen molar-refractivity contribution in [2.24, 2.45) is 5.10 Å². The molecule has 0 aromatic heterocycles. The fourth-order valence-electron chi connectivity index (χ4n) is 3.76. The highest BCUT2D eigenvalue weighted by molar-refractivity contribution is 6.30. The van der Waals surface area contributed by atoms with Crippen LogP contribution in [0.3, 0.4) is 0 Å². The largest absolute Gasteiger partial charge is 0.328 e. The van der Waals surface area contributed by atoms with E-state index >= 15 is 0 Å². The van der Waals surface area contributed by atoms with E-state index in [9.17, 15) is 0 Å². The molecule has 3 aromatic carbocycles. The average Bonchev–Trinajstić information content (AvgIpc) is 2.70. The van der Waals surface area contributed by atoms with E-state index in [1.807, 2.05) is 24.3 Å². The summed E-state index contributed by atoms with van der Waals surface area (Å²) in [4.78, 5) is 1.63. The zero-order valence-electron chi connectivity index (χ0n) is 15.7. The number of nitrogens with one attached hydrogen (secondary N) is 1. The van der Waals surface area contributed by atoms with Gasteiger partial charge in [0.15, 0.2) is 0 Å². The first-order valence-electron chi connectivity index (χ1n) is 9.55. The number of halogens is 1. The molecule has 1 N–H and O–H groups in total. The fourth-order valence-corrected chi connectivity index (χ4v) is 3.89. The Morgan fingerprint density at radius 2 is 1.67 bits per heavy atom. The number of hydrogen-bond donors (Lipinski definition) is 1. The quantitative estimate of drug-likeness (QED) is 0.687. The molecule has 3 nitrogen and oxygen atoms in total. The molecule has 1 saturated heterocycles. The summed E-state index contributed by atoms with van der Waals surface area (Å²) in [6.07, 6.45) is 0.